The minimum atomic E-state index is -4.92. The number of rotatable bonds is 5. The zero-order valence-electron chi connectivity index (χ0n) is 14.7. The maximum absolute atomic E-state index is 13.8. The van der Waals surface area contributed by atoms with E-state index >= 15 is 0 Å². The first kappa shape index (κ1) is 19.3. The Hall–Kier alpha value is -2.45. The van der Waals surface area contributed by atoms with Crippen molar-refractivity contribution in [3.8, 4) is 0 Å². The molecular weight excluding hydrogens is 375 g/mol. The maximum Gasteiger partial charge on any atom is 0.428 e. The van der Waals surface area contributed by atoms with E-state index in [-0.39, 0.29) is 5.56 Å². The highest BCUT2D eigenvalue weighted by atomic mass is 32.2. The Labute approximate surface area is 159 Å². The van der Waals surface area contributed by atoms with E-state index in [1.54, 1.807) is 12.1 Å². The molecule has 142 valence electrons. The molecule has 0 amide bonds. The van der Waals surface area contributed by atoms with Gasteiger partial charge >= 0.3 is 6.18 Å². The largest absolute Gasteiger partial charge is 0.428 e. The van der Waals surface area contributed by atoms with Crippen LogP contribution in [0.4, 0.5) is 18.9 Å². The number of halogens is 3. The lowest BCUT2D eigenvalue weighted by atomic mass is 9.92. The third kappa shape index (κ3) is 3.68. The van der Waals surface area contributed by atoms with Gasteiger partial charge in [0, 0.05) is 42.6 Å². The SMILES string of the molecule is CN(Sc1ccccc1)c1ccc(C(O)(c2nccn2C)C(F)(F)F)cc1. The average molecular weight is 393 g/mol. The molecule has 2 aromatic carbocycles. The lowest BCUT2D eigenvalue weighted by Gasteiger charge is -2.30. The Morgan fingerprint density at radius 2 is 1.67 bits per heavy atom. The van der Waals surface area contributed by atoms with Crippen LogP contribution in [-0.2, 0) is 12.6 Å². The van der Waals surface area contributed by atoms with Crippen LogP contribution in [-0.4, -0.2) is 27.9 Å². The van der Waals surface area contributed by atoms with Gasteiger partial charge < -0.3 is 14.0 Å². The van der Waals surface area contributed by atoms with Gasteiger partial charge in [-0.1, -0.05) is 30.3 Å². The summed E-state index contributed by atoms with van der Waals surface area (Å²) in [6.07, 6.45) is -2.33. The van der Waals surface area contributed by atoms with Crippen LogP contribution in [0.1, 0.15) is 11.4 Å². The summed E-state index contributed by atoms with van der Waals surface area (Å²) >= 11 is 1.45. The highest BCUT2D eigenvalue weighted by molar-refractivity contribution is 8.00. The zero-order valence-corrected chi connectivity index (χ0v) is 15.5. The van der Waals surface area contributed by atoms with Crippen molar-refractivity contribution >= 4 is 17.6 Å². The molecule has 0 saturated heterocycles. The van der Waals surface area contributed by atoms with E-state index in [9.17, 15) is 18.3 Å². The summed E-state index contributed by atoms with van der Waals surface area (Å²) in [4.78, 5) is 4.73. The van der Waals surface area contributed by atoms with E-state index in [0.29, 0.717) is 5.69 Å². The molecule has 8 heteroatoms. The van der Waals surface area contributed by atoms with Crippen LogP contribution in [0.25, 0.3) is 0 Å². The van der Waals surface area contributed by atoms with Crippen molar-refractivity contribution in [2.24, 2.45) is 7.05 Å². The van der Waals surface area contributed by atoms with Crippen LogP contribution in [0.3, 0.4) is 0 Å². The number of hydrogen-bond acceptors (Lipinski definition) is 4. The van der Waals surface area contributed by atoms with Gasteiger partial charge in [0.2, 0.25) is 5.60 Å². The molecule has 0 fully saturated rings. The maximum atomic E-state index is 13.8. The second kappa shape index (κ2) is 7.28. The number of anilines is 1. The molecule has 0 aliphatic heterocycles. The third-order valence-corrected chi connectivity index (χ3v) is 5.16. The summed E-state index contributed by atoms with van der Waals surface area (Å²) in [5.41, 5.74) is -2.77. The van der Waals surface area contributed by atoms with Crippen molar-refractivity contribution in [3.63, 3.8) is 0 Å². The number of nitrogens with zero attached hydrogens (tertiary/aromatic N) is 3. The summed E-state index contributed by atoms with van der Waals surface area (Å²) in [7, 11) is 3.24. The quantitative estimate of drug-likeness (QED) is 0.654. The minimum Gasteiger partial charge on any atom is -0.370 e. The van der Waals surface area contributed by atoms with E-state index in [1.165, 1.54) is 48.1 Å². The van der Waals surface area contributed by atoms with E-state index in [2.05, 4.69) is 4.98 Å². The van der Waals surface area contributed by atoms with Gasteiger partial charge in [-0.3, -0.25) is 0 Å². The van der Waals surface area contributed by atoms with Crippen molar-refractivity contribution in [3.05, 3.63) is 78.4 Å². The van der Waals surface area contributed by atoms with Gasteiger partial charge in [-0.05, 0) is 36.2 Å². The van der Waals surface area contributed by atoms with Crippen LogP contribution >= 0.6 is 11.9 Å². The van der Waals surface area contributed by atoms with Crippen LogP contribution < -0.4 is 4.31 Å². The molecule has 1 N–H and O–H groups in total. The third-order valence-electron chi connectivity index (χ3n) is 4.19. The first-order valence-electron chi connectivity index (χ1n) is 8.07. The number of aromatic nitrogens is 2. The van der Waals surface area contributed by atoms with E-state index < -0.39 is 17.6 Å². The number of alkyl halides is 3. The lowest BCUT2D eigenvalue weighted by Crippen LogP contribution is -2.45. The monoisotopic (exact) mass is 393 g/mol. The van der Waals surface area contributed by atoms with Crippen molar-refractivity contribution < 1.29 is 18.3 Å². The molecule has 0 spiro atoms. The van der Waals surface area contributed by atoms with Crippen molar-refractivity contribution in [2.45, 2.75) is 16.7 Å². The van der Waals surface area contributed by atoms with E-state index in [0.717, 1.165) is 4.90 Å². The first-order valence-corrected chi connectivity index (χ1v) is 8.85. The molecular formula is C19H18F3N3OS. The molecule has 1 unspecified atom stereocenters. The number of benzene rings is 2. The van der Waals surface area contributed by atoms with E-state index in [1.807, 2.05) is 41.7 Å². The predicted octanol–water partition coefficient (Wildman–Crippen LogP) is 4.36. The molecule has 1 aromatic heterocycles. The van der Waals surface area contributed by atoms with Gasteiger partial charge in [0.25, 0.3) is 0 Å². The van der Waals surface area contributed by atoms with Crippen LogP contribution in [0.5, 0.6) is 0 Å². The molecule has 0 radical (unpaired) electrons. The number of hydrogen-bond donors (Lipinski definition) is 1. The molecule has 1 atom stereocenters. The number of aliphatic hydroxyl groups is 1. The highest BCUT2D eigenvalue weighted by Gasteiger charge is 2.58. The van der Waals surface area contributed by atoms with Crippen LogP contribution in [0, 0.1) is 0 Å². The summed E-state index contributed by atoms with van der Waals surface area (Å²) < 4.78 is 44.3. The summed E-state index contributed by atoms with van der Waals surface area (Å²) in [5, 5.41) is 10.6. The molecule has 0 bridgehead atoms. The van der Waals surface area contributed by atoms with Gasteiger partial charge in [-0.25, -0.2) is 4.98 Å². The fraction of sp³-hybridized carbons (Fsp3) is 0.211. The minimum absolute atomic E-state index is 0.286. The van der Waals surface area contributed by atoms with Gasteiger partial charge in [0.1, 0.15) is 0 Å². The molecule has 0 aliphatic carbocycles. The summed E-state index contributed by atoms with van der Waals surface area (Å²) in [5.74, 6) is -0.477. The number of imidazole rings is 1. The average Bonchev–Trinajstić information content (AvgIpc) is 3.07. The van der Waals surface area contributed by atoms with Crippen LogP contribution in [0.15, 0.2) is 71.9 Å². The van der Waals surface area contributed by atoms with E-state index in [4.69, 9.17) is 0 Å². The van der Waals surface area contributed by atoms with Gasteiger partial charge in [-0.2, -0.15) is 13.2 Å². The fourth-order valence-corrected chi connectivity index (χ4v) is 3.56. The Kier molecular flexibility index (Phi) is 5.21. The second-order valence-electron chi connectivity index (χ2n) is 6.02. The van der Waals surface area contributed by atoms with Crippen LogP contribution in [0.2, 0.25) is 0 Å². The van der Waals surface area contributed by atoms with Crippen molar-refractivity contribution in [1.82, 2.24) is 9.55 Å². The molecule has 3 aromatic rings. The first-order chi connectivity index (χ1) is 12.7. The molecule has 1 heterocycles. The van der Waals surface area contributed by atoms with Gasteiger partial charge in [0.15, 0.2) is 5.82 Å². The standard InChI is InChI=1S/C19H18F3N3OS/c1-24-13-12-23-17(24)18(26,19(20,21)22)14-8-10-15(11-9-14)25(2)27-16-6-4-3-5-7-16/h3-13,26H,1-2H3. The van der Waals surface area contributed by atoms with Gasteiger partial charge in [0.05, 0.1) is 0 Å². The zero-order chi connectivity index (χ0) is 19.7. The Morgan fingerprint density at radius 1 is 1.04 bits per heavy atom. The second-order valence-corrected chi connectivity index (χ2v) is 7.22. The molecule has 3 rings (SSSR count). The van der Waals surface area contributed by atoms with Gasteiger partial charge in [-0.15, -0.1) is 0 Å². The highest BCUT2D eigenvalue weighted by Crippen LogP contribution is 2.43. The fourth-order valence-electron chi connectivity index (χ4n) is 2.74. The molecule has 4 nitrogen and oxygen atoms in total. The summed E-state index contributed by atoms with van der Waals surface area (Å²) in [6, 6.07) is 15.3. The normalized spacial score (nSPS) is 14.0. The van der Waals surface area contributed by atoms with Crippen molar-refractivity contribution in [1.29, 1.82) is 0 Å². The predicted molar refractivity (Wildman–Crippen MR) is 99.4 cm³/mol. The van der Waals surface area contributed by atoms with Crippen molar-refractivity contribution in [2.75, 3.05) is 11.4 Å². The topological polar surface area (TPSA) is 41.3 Å². The number of aryl methyl sites for hydroxylation is 1. The smallest absolute Gasteiger partial charge is 0.370 e. The summed E-state index contributed by atoms with van der Waals surface area (Å²) in [6.45, 7) is 0. The Bertz CT molecular complexity index is 897. The molecule has 0 aliphatic rings. The Balaban J connectivity index is 1.92. The molecule has 27 heavy (non-hydrogen) atoms. The lowest BCUT2D eigenvalue weighted by molar-refractivity contribution is -0.251. The molecule has 0 saturated carbocycles. The Morgan fingerprint density at radius 3 is 2.19 bits per heavy atom.